The molecule has 10 nitrogen and oxygen atoms in total. The third kappa shape index (κ3) is 4.63. The van der Waals surface area contributed by atoms with E-state index in [0.29, 0.717) is 5.13 Å². The molecule has 11 heteroatoms. The molecule has 2 aromatic rings. The van der Waals surface area contributed by atoms with Gasteiger partial charge in [0.15, 0.2) is 5.13 Å². The summed E-state index contributed by atoms with van der Waals surface area (Å²) < 4.78 is 4.60. The average Bonchev–Trinajstić information content (AvgIpc) is 3.23. The number of amides is 4. The summed E-state index contributed by atoms with van der Waals surface area (Å²) in [6.07, 6.45) is 0.551. The number of rotatable bonds is 7. The van der Waals surface area contributed by atoms with Crippen molar-refractivity contribution in [3.05, 3.63) is 47.0 Å². The maximum atomic E-state index is 13.1. The number of carbonyl (C=O) groups is 3. The lowest BCUT2D eigenvalue weighted by molar-refractivity contribution is -0.140. The van der Waals surface area contributed by atoms with E-state index in [-0.39, 0.29) is 19.5 Å². The summed E-state index contributed by atoms with van der Waals surface area (Å²) in [5.74, 6) is 5.52. The SMILES string of the molecule is COC(=O)CCN1C(=O)N(N)C(Nc2nccs2)N(Cc2ccc(C)cc2)C1=O. The maximum absolute atomic E-state index is 13.1. The van der Waals surface area contributed by atoms with Crippen molar-refractivity contribution in [2.45, 2.75) is 26.2 Å². The van der Waals surface area contributed by atoms with Gasteiger partial charge in [0, 0.05) is 18.1 Å². The van der Waals surface area contributed by atoms with Gasteiger partial charge in [-0.15, -0.1) is 11.3 Å². The quantitative estimate of drug-likeness (QED) is 0.400. The van der Waals surface area contributed by atoms with E-state index in [4.69, 9.17) is 5.84 Å². The molecule has 0 aliphatic carbocycles. The van der Waals surface area contributed by atoms with Crippen LogP contribution in [0.1, 0.15) is 17.5 Å². The van der Waals surface area contributed by atoms with E-state index in [1.54, 1.807) is 11.6 Å². The van der Waals surface area contributed by atoms with Gasteiger partial charge in [0.25, 0.3) is 0 Å². The van der Waals surface area contributed by atoms with Gasteiger partial charge in [-0.3, -0.25) is 9.69 Å². The van der Waals surface area contributed by atoms with Crippen LogP contribution in [0.25, 0.3) is 0 Å². The smallest absolute Gasteiger partial charge is 0.345 e. The second-order valence-electron chi connectivity index (χ2n) is 6.42. The fraction of sp³-hybridized carbons (Fsp3) is 0.333. The number of nitrogens with zero attached hydrogens (tertiary/aromatic N) is 4. The highest BCUT2D eigenvalue weighted by Gasteiger charge is 2.43. The minimum atomic E-state index is -0.933. The van der Waals surface area contributed by atoms with Gasteiger partial charge >= 0.3 is 18.0 Å². The number of carbonyl (C=O) groups excluding carboxylic acids is 3. The Kier molecular flexibility index (Phi) is 6.29. The number of imide groups is 1. The fourth-order valence-electron chi connectivity index (χ4n) is 2.83. The van der Waals surface area contributed by atoms with E-state index >= 15 is 0 Å². The molecular weight excluding hydrogens is 396 g/mol. The summed E-state index contributed by atoms with van der Waals surface area (Å²) in [6, 6.07) is 6.40. The largest absolute Gasteiger partial charge is 0.469 e. The molecule has 0 spiro atoms. The fourth-order valence-corrected chi connectivity index (χ4v) is 3.37. The zero-order valence-electron chi connectivity index (χ0n) is 16.1. The predicted molar refractivity (Wildman–Crippen MR) is 106 cm³/mol. The molecule has 1 aromatic carbocycles. The van der Waals surface area contributed by atoms with Crippen molar-refractivity contribution in [1.29, 1.82) is 0 Å². The lowest BCUT2D eigenvalue weighted by Crippen LogP contribution is -2.70. The first-order valence-electron chi connectivity index (χ1n) is 8.85. The number of nitrogens with one attached hydrogen (secondary N) is 1. The molecule has 1 atom stereocenters. The van der Waals surface area contributed by atoms with Crippen molar-refractivity contribution < 1.29 is 19.1 Å². The summed E-state index contributed by atoms with van der Waals surface area (Å²) >= 11 is 1.32. The molecule has 29 heavy (non-hydrogen) atoms. The summed E-state index contributed by atoms with van der Waals surface area (Å²) in [4.78, 5) is 43.8. The van der Waals surface area contributed by atoms with Gasteiger partial charge in [-0.25, -0.2) is 30.3 Å². The third-order valence-corrected chi connectivity index (χ3v) is 5.12. The number of methoxy groups -OCH3 is 1. The summed E-state index contributed by atoms with van der Waals surface area (Å²) in [7, 11) is 1.25. The lowest BCUT2D eigenvalue weighted by atomic mass is 10.1. The number of benzene rings is 1. The van der Waals surface area contributed by atoms with Crippen molar-refractivity contribution >= 4 is 34.5 Å². The molecule has 1 aromatic heterocycles. The minimum Gasteiger partial charge on any atom is -0.469 e. The molecule has 1 fully saturated rings. The number of thiazole rings is 1. The van der Waals surface area contributed by atoms with E-state index in [1.807, 2.05) is 31.2 Å². The standard InChI is InChI=1S/C18H22N6O4S/c1-12-3-5-13(6-4-12)11-23-16(21-15-20-8-10-29-15)24(19)18(27)22(17(23)26)9-7-14(25)28-2/h3-6,8,10,16H,7,9,11,19H2,1-2H3,(H,20,21). The van der Waals surface area contributed by atoms with Gasteiger partial charge in [0.05, 0.1) is 20.1 Å². The number of nitrogens with two attached hydrogens (primary N) is 1. The first kappa shape index (κ1) is 20.6. The second kappa shape index (κ2) is 8.88. The van der Waals surface area contributed by atoms with Crippen LogP contribution < -0.4 is 11.2 Å². The molecule has 2 heterocycles. The third-order valence-electron chi connectivity index (χ3n) is 4.41. The number of urea groups is 2. The topological polar surface area (TPSA) is 121 Å². The number of hydrogen-bond donors (Lipinski definition) is 2. The highest BCUT2D eigenvalue weighted by Crippen LogP contribution is 2.23. The van der Waals surface area contributed by atoms with Crippen LogP contribution in [0.2, 0.25) is 0 Å². The number of aryl methyl sites for hydroxylation is 1. The monoisotopic (exact) mass is 418 g/mol. The molecule has 3 rings (SSSR count). The molecule has 1 unspecified atom stereocenters. The van der Waals surface area contributed by atoms with Gasteiger partial charge in [0.2, 0.25) is 6.29 Å². The number of hydrazine groups is 1. The highest BCUT2D eigenvalue weighted by molar-refractivity contribution is 7.13. The van der Waals surface area contributed by atoms with Crippen LogP contribution in [0.3, 0.4) is 0 Å². The second-order valence-corrected chi connectivity index (χ2v) is 7.31. The van der Waals surface area contributed by atoms with E-state index in [1.165, 1.54) is 23.3 Å². The Bertz CT molecular complexity index is 873. The van der Waals surface area contributed by atoms with Crippen LogP contribution in [0.15, 0.2) is 35.8 Å². The maximum Gasteiger partial charge on any atom is 0.345 e. The number of anilines is 1. The summed E-state index contributed by atoms with van der Waals surface area (Å²) in [5.41, 5.74) is 1.96. The van der Waals surface area contributed by atoms with Gasteiger partial charge in [-0.05, 0) is 12.5 Å². The molecule has 0 bridgehead atoms. The minimum absolute atomic E-state index is 0.120. The normalized spacial score (nSPS) is 16.9. The average molecular weight is 418 g/mol. The zero-order valence-corrected chi connectivity index (χ0v) is 16.9. The first-order valence-corrected chi connectivity index (χ1v) is 9.73. The Morgan fingerprint density at radius 3 is 2.62 bits per heavy atom. The van der Waals surface area contributed by atoms with Crippen LogP contribution in [0.5, 0.6) is 0 Å². The molecule has 3 N–H and O–H groups in total. The van der Waals surface area contributed by atoms with Gasteiger partial charge in [0.1, 0.15) is 0 Å². The Hall–Kier alpha value is -3.18. The Labute approximate surface area is 171 Å². The lowest BCUT2D eigenvalue weighted by Gasteiger charge is -2.45. The molecule has 1 aliphatic rings. The van der Waals surface area contributed by atoms with Gasteiger partial charge < -0.3 is 10.1 Å². The van der Waals surface area contributed by atoms with Crippen molar-refractivity contribution in [2.24, 2.45) is 5.84 Å². The summed E-state index contributed by atoms with van der Waals surface area (Å²) in [5, 5.41) is 6.23. The first-order chi connectivity index (χ1) is 13.9. The number of esters is 1. The van der Waals surface area contributed by atoms with Gasteiger partial charge in [-0.1, -0.05) is 29.8 Å². The van der Waals surface area contributed by atoms with E-state index in [9.17, 15) is 14.4 Å². The van der Waals surface area contributed by atoms with Crippen molar-refractivity contribution in [2.75, 3.05) is 19.0 Å². The van der Waals surface area contributed by atoms with Crippen molar-refractivity contribution in [3.63, 3.8) is 0 Å². The van der Waals surface area contributed by atoms with Gasteiger partial charge in [-0.2, -0.15) is 0 Å². The number of ether oxygens (including phenoxy) is 1. The Morgan fingerprint density at radius 2 is 2.00 bits per heavy atom. The molecule has 0 saturated carbocycles. The van der Waals surface area contributed by atoms with Crippen LogP contribution in [-0.4, -0.2) is 57.8 Å². The summed E-state index contributed by atoms with van der Waals surface area (Å²) in [6.45, 7) is 2.04. The molecule has 1 aliphatic heterocycles. The van der Waals surface area contributed by atoms with Crippen LogP contribution in [0, 0.1) is 6.92 Å². The van der Waals surface area contributed by atoms with Crippen LogP contribution >= 0.6 is 11.3 Å². The number of hydrogen-bond acceptors (Lipinski definition) is 8. The predicted octanol–water partition coefficient (Wildman–Crippen LogP) is 1.94. The van der Waals surface area contributed by atoms with Crippen LogP contribution in [-0.2, 0) is 16.1 Å². The Morgan fingerprint density at radius 1 is 1.28 bits per heavy atom. The van der Waals surface area contributed by atoms with E-state index < -0.39 is 24.3 Å². The molecular formula is C18H22N6O4S. The number of aromatic nitrogens is 1. The molecule has 0 radical (unpaired) electrons. The van der Waals surface area contributed by atoms with Crippen LogP contribution in [0.4, 0.5) is 14.7 Å². The van der Waals surface area contributed by atoms with Crippen molar-refractivity contribution in [1.82, 2.24) is 19.8 Å². The van der Waals surface area contributed by atoms with Crippen molar-refractivity contribution in [3.8, 4) is 0 Å². The highest BCUT2D eigenvalue weighted by atomic mass is 32.1. The Balaban J connectivity index is 1.87. The zero-order chi connectivity index (χ0) is 21.0. The van der Waals surface area contributed by atoms with E-state index in [0.717, 1.165) is 21.0 Å². The molecule has 154 valence electrons. The molecule has 1 saturated heterocycles. The van der Waals surface area contributed by atoms with E-state index in [2.05, 4.69) is 15.0 Å². The molecule has 4 amide bonds.